The van der Waals surface area contributed by atoms with Gasteiger partial charge in [0.1, 0.15) is 18.6 Å². The molecular formula is C23H24N2O6. The molecule has 2 aromatic carbocycles. The fourth-order valence-corrected chi connectivity index (χ4v) is 3.40. The average Bonchev–Trinajstić information content (AvgIpc) is 2.99. The number of rotatable bonds is 7. The van der Waals surface area contributed by atoms with Crippen LogP contribution < -0.4 is 9.64 Å². The number of hydrogen-bond acceptors (Lipinski definition) is 5. The van der Waals surface area contributed by atoms with Crippen molar-refractivity contribution in [2.75, 3.05) is 11.4 Å². The highest BCUT2D eigenvalue weighted by atomic mass is 16.5. The van der Waals surface area contributed by atoms with Crippen molar-refractivity contribution in [1.82, 2.24) is 4.90 Å². The van der Waals surface area contributed by atoms with Gasteiger partial charge in [-0.2, -0.15) is 0 Å². The van der Waals surface area contributed by atoms with E-state index in [-0.39, 0.29) is 19.0 Å². The Morgan fingerprint density at radius 1 is 1.13 bits per heavy atom. The van der Waals surface area contributed by atoms with Gasteiger partial charge in [-0.1, -0.05) is 12.1 Å². The Balaban J connectivity index is 1.80. The maximum Gasteiger partial charge on any atom is 0.347 e. The van der Waals surface area contributed by atoms with Gasteiger partial charge in [-0.15, -0.1) is 0 Å². The lowest BCUT2D eigenvalue weighted by molar-refractivity contribution is -0.152. The number of aryl methyl sites for hydroxylation is 2. The zero-order valence-electron chi connectivity index (χ0n) is 17.8. The van der Waals surface area contributed by atoms with Crippen LogP contribution in [0.3, 0.4) is 0 Å². The summed E-state index contributed by atoms with van der Waals surface area (Å²) in [5.74, 6) is -0.941. The summed E-state index contributed by atoms with van der Waals surface area (Å²) >= 11 is 0. The van der Waals surface area contributed by atoms with E-state index >= 15 is 0 Å². The molecule has 162 valence electrons. The minimum Gasteiger partial charge on any atom is -0.478 e. The lowest BCUT2D eigenvalue weighted by atomic mass is 10.0. The molecule has 1 heterocycles. The van der Waals surface area contributed by atoms with Crippen molar-refractivity contribution in [1.29, 1.82) is 0 Å². The van der Waals surface area contributed by atoms with E-state index in [9.17, 15) is 24.3 Å². The van der Waals surface area contributed by atoms with Crippen LogP contribution in [0.5, 0.6) is 5.75 Å². The molecule has 1 saturated heterocycles. The number of ether oxygens (including phenoxy) is 1. The summed E-state index contributed by atoms with van der Waals surface area (Å²) in [5.41, 5.74) is 1.79. The molecular weight excluding hydrogens is 400 g/mol. The molecule has 1 aliphatic heterocycles. The number of carbonyl (C=O) groups excluding carboxylic acids is 3. The highest BCUT2D eigenvalue weighted by Crippen LogP contribution is 2.30. The van der Waals surface area contributed by atoms with Crippen molar-refractivity contribution in [3.63, 3.8) is 0 Å². The normalized spacial score (nSPS) is 14.2. The molecule has 0 radical (unpaired) electrons. The summed E-state index contributed by atoms with van der Waals surface area (Å²) in [6.45, 7) is 6.53. The molecule has 1 aliphatic rings. The van der Waals surface area contributed by atoms with Gasteiger partial charge in [-0.25, -0.2) is 9.59 Å². The molecule has 0 spiro atoms. The third-order valence-corrected chi connectivity index (χ3v) is 5.13. The molecule has 3 amide bonds. The van der Waals surface area contributed by atoms with Crippen molar-refractivity contribution < 1.29 is 29.0 Å². The number of amides is 3. The first kappa shape index (κ1) is 22.0. The predicted octanol–water partition coefficient (Wildman–Crippen LogP) is 3.33. The predicted molar refractivity (Wildman–Crippen MR) is 113 cm³/mol. The minimum absolute atomic E-state index is 0.0781. The number of anilines is 1. The Morgan fingerprint density at radius 2 is 1.71 bits per heavy atom. The largest absolute Gasteiger partial charge is 0.478 e. The number of carboxylic acid groups (broad SMARTS) is 1. The van der Waals surface area contributed by atoms with E-state index in [4.69, 9.17) is 4.74 Å². The Bertz CT molecular complexity index is 1040. The summed E-state index contributed by atoms with van der Waals surface area (Å²) in [5, 5.41) is 9.31. The monoisotopic (exact) mass is 424 g/mol. The summed E-state index contributed by atoms with van der Waals surface area (Å²) < 4.78 is 5.71. The number of hydrogen-bond donors (Lipinski definition) is 1. The number of aliphatic carboxylic acids is 1. The van der Waals surface area contributed by atoms with Crippen LogP contribution in [0, 0.1) is 13.8 Å². The molecule has 1 N–H and O–H groups in total. The van der Waals surface area contributed by atoms with Crippen LogP contribution in [0.25, 0.3) is 0 Å². The Kier molecular flexibility index (Phi) is 5.83. The van der Waals surface area contributed by atoms with E-state index in [2.05, 4.69) is 0 Å². The van der Waals surface area contributed by atoms with E-state index in [1.54, 1.807) is 50.2 Å². The molecule has 8 nitrogen and oxygen atoms in total. The van der Waals surface area contributed by atoms with Gasteiger partial charge >= 0.3 is 12.0 Å². The van der Waals surface area contributed by atoms with Gasteiger partial charge < -0.3 is 9.84 Å². The molecule has 8 heteroatoms. The van der Waals surface area contributed by atoms with Crippen LogP contribution >= 0.6 is 0 Å². The van der Waals surface area contributed by atoms with E-state index < -0.39 is 17.6 Å². The third kappa shape index (κ3) is 4.42. The van der Waals surface area contributed by atoms with Crippen molar-refractivity contribution in [2.45, 2.75) is 39.8 Å². The fourth-order valence-electron chi connectivity index (χ4n) is 3.40. The topological polar surface area (TPSA) is 104 Å². The fraction of sp³-hybridized carbons (Fsp3) is 0.304. The van der Waals surface area contributed by atoms with E-state index in [1.807, 2.05) is 0 Å². The zero-order chi connectivity index (χ0) is 22.9. The lowest BCUT2D eigenvalue weighted by Gasteiger charge is -2.25. The van der Waals surface area contributed by atoms with Crippen molar-refractivity contribution in [3.05, 3.63) is 58.7 Å². The standard InChI is InChI=1S/C23H24N2O6/c1-14-9-17(10-15(2)20(14)31-23(3,4)21(28)29)11-25-19(27)12-24(22(25)30)18-7-5-16(13-26)6-8-18/h5-10,13H,11-12H2,1-4H3,(H,28,29). The van der Waals surface area contributed by atoms with Crippen molar-refractivity contribution >= 4 is 29.9 Å². The van der Waals surface area contributed by atoms with Crippen LogP contribution in [0.4, 0.5) is 10.5 Å². The summed E-state index contributed by atoms with van der Waals surface area (Å²) in [7, 11) is 0. The molecule has 31 heavy (non-hydrogen) atoms. The number of aldehydes is 1. The second kappa shape index (κ2) is 8.22. The van der Waals surface area contributed by atoms with Gasteiger partial charge in [0, 0.05) is 11.3 Å². The highest BCUT2D eigenvalue weighted by Gasteiger charge is 2.37. The van der Waals surface area contributed by atoms with Gasteiger partial charge in [-0.3, -0.25) is 19.4 Å². The first-order valence-electron chi connectivity index (χ1n) is 9.73. The van der Waals surface area contributed by atoms with Gasteiger partial charge in [-0.05, 0) is 68.7 Å². The van der Waals surface area contributed by atoms with Crippen LogP contribution in [0.1, 0.15) is 40.9 Å². The molecule has 3 rings (SSSR count). The third-order valence-electron chi connectivity index (χ3n) is 5.13. The molecule has 1 fully saturated rings. The minimum atomic E-state index is -1.39. The quantitative estimate of drug-likeness (QED) is 0.540. The van der Waals surface area contributed by atoms with Crippen LogP contribution in [0.2, 0.25) is 0 Å². The molecule has 0 atom stereocenters. The number of urea groups is 1. The van der Waals surface area contributed by atoms with E-state index in [0.717, 1.165) is 5.56 Å². The Hall–Kier alpha value is -3.68. The van der Waals surface area contributed by atoms with Crippen LogP contribution in [-0.4, -0.2) is 46.3 Å². The summed E-state index contributed by atoms with van der Waals surface area (Å²) in [4.78, 5) is 50.1. The zero-order valence-corrected chi connectivity index (χ0v) is 17.8. The molecule has 0 aromatic heterocycles. The van der Waals surface area contributed by atoms with E-state index in [1.165, 1.54) is 23.6 Å². The molecule has 0 bridgehead atoms. The Labute approximate surface area is 180 Å². The smallest absolute Gasteiger partial charge is 0.347 e. The highest BCUT2D eigenvalue weighted by molar-refractivity contribution is 6.12. The van der Waals surface area contributed by atoms with Crippen molar-refractivity contribution in [2.24, 2.45) is 0 Å². The average molecular weight is 424 g/mol. The second-order valence-electron chi connectivity index (χ2n) is 8.03. The van der Waals surface area contributed by atoms with Gasteiger partial charge in [0.25, 0.3) is 5.91 Å². The van der Waals surface area contributed by atoms with Crippen LogP contribution in [-0.2, 0) is 16.1 Å². The molecule has 0 aliphatic carbocycles. The van der Waals surface area contributed by atoms with Crippen LogP contribution in [0.15, 0.2) is 36.4 Å². The first-order valence-corrected chi connectivity index (χ1v) is 9.73. The molecule has 0 saturated carbocycles. The maximum absolute atomic E-state index is 12.8. The number of nitrogens with zero attached hydrogens (tertiary/aromatic N) is 2. The molecule has 0 unspecified atom stereocenters. The number of benzene rings is 2. The molecule has 2 aromatic rings. The maximum atomic E-state index is 12.8. The van der Waals surface area contributed by atoms with Gasteiger partial charge in [0.2, 0.25) is 0 Å². The summed E-state index contributed by atoms with van der Waals surface area (Å²) in [6.07, 6.45) is 0.711. The van der Waals surface area contributed by atoms with Crippen molar-refractivity contribution in [3.8, 4) is 5.75 Å². The van der Waals surface area contributed by atoms with Gasteiger partial charge in [0.15, 0.2) is 5.60 Å². The second-order valence-corrected chi connectivity index (χ2v) is 8.03. The van der Waals surface area contributed by atoms with Gasteiger partial charge in [0.05, 0.1) is 6.54 Å². The number of imide groups is 1. The summed E-state index contributed by atoms with van der Waals surface area (Å²) in [6, 6.07) is 9.56. The Morgan fingerprint density at radius 3 is 2.23 bits per heavy atom. The number of carbonyl (C=O) groups is 4. The van der Waals surface area contributed by atoms with E-state index in [0.29, 0.717) is 34.4 Å². The number of carboxylic acids is 1. The lowest BCUT2D eigenvalue weighted by Crippen LogP contribution is -2.38. The SMILES string of the molecule is Cc1cc(CN2C(=O)CN(c3ccc(C=O)cc3)C2=O)cc(C)c1OC(C)(C)C(=O)O. The first-order chi connectivity index (χ1) is 14.5.